The standard InChI is InChI=1S/C24H29N5O2S2/c1-17-8-10-19(11-9-17)27-24(32)28-26-16-18-15-25-23-13-12-21(14-22(18)23)33(30,31)29(2)20-6-4-3-5-7-20/h8-16,20,25H,3-7H2,1-2H3,(H2,27,28,32)/b26-16+. The van der Waals surface area contributed by atoms with E-state index >= 15 is 0 Å². The third-order valence-corrected chi connectivity index (χ3v) is 8.23. The summed E-state index contributed by atoms with van der Waals surface area (Å²) >= 11 is 5.29. The van der Waals surface area contributed by atoms with Crippen LogP contribution in [0.3, 0.4) is 0 Å². The number of H-pyrrole nitrogens is 1. The van der Waals surface area contributed by atoms with Crippen molar-refractivity contribution >= 4 is 50.2 Å². The van der Waals surface area contributed by atoms with Gasteiger partial charge in [-0.15, -0.1) is 0 Å². The van der Waals surface area contributed by atoms with Crippen LogP contribution in [0.2, 0.25) is 0 Å². The highest BCUT2D eigenvalue weighted by atomic mass is 32.2. The summed E-state index contributed by atoms with van der Waals surface area (Å²) in [5, 5.41) is 8.45. The van der Waals surface area contributed by atoms with Gasteiger partial charge in [0.25, 0.3) is 0 Å². The molecule has 3 aromatic rings. The number of hydrogen-bond donors (Lipinski definition) is 3. The zero-order valence-corrected chi connectivity index (χ0v) is 20.5. The fourth-order valence-corrected chi connectivity index (χ4v) is 5.77. The molecule has 7 nitrogen and oxygen atoms in total. The van der Waals surface area contributed by atoms with Gasteiger partial charge in [0, 0.05) is 41.4 Å². The molecule has 0 atom stereocenters. The number of aromatic amines is 1. The lowest BCUT2D eigenvalue weighted by Gasteiger charge is -2.30. The first-order chi connectivity index (χ1) is 15.8. The third kappa shape index (κ3) is 5.43. The van der Waals surface area contributed by atoms with Crippen LogP contribution >= 0.6 is 12.2 Å². The van der Waals surface area contributed by atoms with Crippen molar-refractivity contribution in [3.05, 3.63) is 59.8 Å². The van der Waals surface area contributed by atoms with Gasteiger partial charge in [0.15, 0.2) is 5.11 Å². The normalized spacial score (nSPS) is 15.4. The zero-order valence-electron chi connectivity index (χ0n) is 18.8. The number of fused-ring (bicyclic) bond motifs is 1. The lowest BCUT2D eigenvalue weighted by atomic mass is 9.96. The van der Waals surface area contributed by atoms with E-state index < -0.39 is 10.0 Å². The number of nitrogens with one attached hydrogen (secondary N) is 3. The first kappa shape index (κ1) is 23.4. The van der Waals surface area contributed by atoms with Gasteiger partial charge in [-0.1, -0.05) is 37.0 Å². The van der Waals surface area contributed by atoms with Gasteiger partial charge in [0.05, 0.1) is 11.1 Å². The van der Waals surface area contributed by atoms with Gasteiger partial charge in [-0.05, 0) is 62.3 Å². The van der Waals surface area contributed by atoms with Crippen molar-refractivity contribution in [1.82, 2.24) is 14.7 Å². The van der Waals surface area contributed by atoms with Crippen LogP contribution in [0.4, 0.5) is 5.69 Å². The number of sulfonamides is 1. The van der Waals surface area contributed by atoms with Crippen molar-refractivity contribution in [3.63, 3.8) is 0 Å². The second-order valence-electron chi connectivity index (χ2n) is 8.45. The highest BCUT2D eigenvalue weighted by molar-refractivity contribution is 7.89. The summed E-state index contributed by atoms with van der Waals surface area (Å²) in [5.41, 5.74) is 6.46. The Morgan fingerprint density at radius 1 is 1.15 bits per heavy atom. The first-order valence-electron chi connectivity index (χ1n) is 11.1. The van der Waals surface area contributed by atoms with Crippen LogP contribution < -0.4 is 10.7 Å². The molecule has 4 rings (SSSR count). The highest BCUT2D eigenvalue weighted by Gasteiger charge is 2.29. The van der Waals surface area contributed by atoms with E-state index in [9.17, 15) is 8.42 Å². The van der Waals surface area contributed by atoms with E-state index in [1.54, 1.807) is 42.0 Å². The molecule has 1 aliphatic carbocycles. The number of anilines is 1. The molecule has 1 heterocycles. The zero-order chi connectivity index (χ0) is 23.4. The number of benzene rings is 2. The largest absolute Gasteiger partial charge is 0.361 e. The Bertz CT molecular complexity index is 1260. The van der Waals surface area contributed by atoms with E-state index in [2.05, 4.69) is 20.8 Å². The van der Waals surface area contributed by atoms with Gasteiger partial charge >= 0.3 is 0 Å². The van der Waals surface area contributed by atoms with Crippen LogP contribution in [0, 0.1) is 6.92 Å². The summed E-state index contributed by atoms with van der Waals surface area (Å²) in [6.45, 7) is 2.02. The van der Waals surface area contributed by atoms with Crippen LogP contribution in [-0.2, 0) is 10.0 Å². The second-order valence-corrected chi connectivity index (χ2v) is 10.9. The van der Waals surface area contributed by atoms with E-state index in [0.29, 0.717) is 10.0 Å². The Hall–Kier alpha value is -2.75. The molecule has 1 aromatic heterocycles. The molecule has 174 valence electrons. The Kier molecular flexibility index (Phi) is 7.11. The molecule has 3 N–H and O–H groups in total. The van der Waals surface area contributed by atoms with Crippen LogP contribution in [0.15, 0.2) is 58.7 Å². The van der Waals surface area contributed by atoms with Crippen molar-refractivity contribution in [2.45, 2.75) is 50.0 Å². The number of nitrogens with zero attached hydrogens (tertiary/aromatic N) is 2. The fraction of sp³-hybridized carbons (Fsp3) is 0.333. The van der Waals surface area contributed by atoms with E-state index in [-0.39, 0.29) is 6.04 Å². The number of aromatic nitrogens is 1. The molecule has 0 saturated heterocycles. The van der Waals surface area contributed by atoms with E-state index in [1.165, 1.54) is 12.0 Å². The highest BCUT2D eigenvalue weighted by Crippen LogP contribution is 2.28. The lowest BCUT2D eigenvalue weighted by Crippen LogP contribution is -2.38. The maximum absolute atomic E-state index is 13.3. The van der Waals surface area contributed by atoms with Crippen molar-refractivity contribution in [3.8, 4) is 0 Å². The molecule has 9 heteroatoms. The predicted octanol–water partition coefficient (Wildman–Crippen LogP) is 4.75. The SMILES string of the molecule is Cc1ccc(NC(=S)N/N=C/c2c[nH]c3ccc(S(=O)(=O)N(C)C4CCCCC4)cc23)cc1. The van der Waals surface area contributed by atoms with Crippen molar-refractivity contribution < 1.29 is 8.42 Å². The average Bonchev–Trinajstić information content (AvgIpc) is 3.23. The molecule has 0 radical (unpaired) electrons. The van der Waals surface area contributed by atoms with Crippen molar-refractivity contribution in [1.29, 1.82) is 0 Å². The van der Waals surface area contributed by atoms with Gasteiger partial charge in [0.2, 0.25) is 10.0 Å². The van der Waals surface area contributed by atoms with Gasteiger partial charge in [-0.3, -0.25) is 5.43 Å². The minimum absolute atomic E-state index is 0.0675. The van der Waals surface area contributed by atoms with E-state index in [4.69, 9.17) is 12.2 Å². The maximum atomic E-state index is 13.3. The van der Waals surface area contributed by atoms with Crippen LogP contribution in [0.1, 0.15) is 43.2 Å². The van der Waals surface area contributed by atoms with Gasteiger partial charge in [0.1, 0.15) is 0 Å². The summed E-state index contributed by atoms with van der Waals surface area (Å²) in [6.07, 6.45) is 8.60. The summed E-state index contributed by atoms with van der Waals surface area (Å²) in [7, 11) is -1.87. The molecule has 1 fully saturated rings. The molecule has 2 aromatic carbocycles. The number of aryl methyl sites for hydroxylation is 1. The topological polar surface area (TPSA) is 89.6 Å². The van der Waals surface area contributed by atoms with Gasteiger partial charge in [-0.25, -0.2) is 8.42 Å². The second kappa shape index (κ2) is 10.0. The molecule has 1 saturated carbocycles. The molecular formula is C24H29N5O2S2. The predicted molar refractivity (Wildman–Crippen MR) is 138 cm³/mol. The minimum Gasteiger partial charge on any atom is -0.361 e. The number of hydrogen-bond acceptors (Lipinski definition) is 4. The quantitative estimate of drug-likeness (QED) is 0.267. The lowest BCUT2D eigenvalue weighted by molar-refractivity contribution is 0.286. The summed E-state index contributed by atoms with van der Waals surface area (Å²) < 4.78 is 28.0. The van der Waals surface area contributed by atoms with Crippen LogP contribution in [-0.4, -0.2) is 42.1 Å². The van der Waals surface area contributed by atoms with Crippen LogP contribution in [0.25, 0.3) is 10.9 Å². The summed E-state index contributed by atoms with van der Waals surface area (Å²) in [4.78, 5) is 3.46. The molecule has 0 unspecified atom stereocenters. The Morgan fingerprint density at radius 3 is 2.61 bits per heavy atom. The third-order valence-electron chi connectivity index (χ3n) is 6.13. The molecule has 1 aliphatic rings. The molecule has 0 amide bonds. The van der Waals surface area contributed by atoms with Gasteiger partial charge in [-0.2, -0.15) is 9.41 Å². The maximum Gasteiger partial charge on any atom is 0.243 e. The Balaban J connectivity index is 1.48. The average molecular weight is 484 g/mol. The molecule has 33 heavy (non-hydrogen) atoms. The molecule has 0 aliphatic heterocycles. The van der Waals surface area contributed by atoms with E-state index in [0.717, 1.165) is 47.8 Å². The Labute approximate surface area is 200 Å². The Morgan fingerprint density at radius 2 is 1.88 bits per heavy atom. The summed E-state index contributed by atoms with van der Waals surface area (Å²) in [6, 6.07) is 13.1. The smallest absolute Gasteiger partial charge is 0.243 e. The minimum atomic E-state index is -3.57. The van der Waals surface area contributed by atoms with Crippen LogP contribution in [0.5, 0.6) is 0 Å². The summed E-state index contributed by atoms with van der Waals surface area (Å²) in [5.74, 6) is 0. The fourth-order valence-electron chi connectivity index (χ4n) is 4.15. The van der Waals surface area contributed by atoms with Crippen molar-refractivity contribution in [2.75, 3.05) is 12.4 Å². The molecular weight excluding hydrogens is 454 g/mol. The monoisotopic (exact) mass is 483 g/mol. The number of hydrazone groups is 1. The molecule has 0 bridgehead atoms. The van der Waals surface area contributed by atoms with Gasteiger partial charge < -0.3 is 10.3 Å². The first-order valence-corrected chi connectivity index (χ1v) is 13.0. The van der Waals surface area contributed by atoms with Crippen molar-refractivity contribution in [2.24, 2.45) is 5.10 Å². The number of rotatable bonds is 6. The molecule has 0 spiro atoms. The van der Waals surface area contributed by atoms with E-state index in [1.807, 2.05) is 31.2 Å². The number of thiocarbonyl (C=S) groups is 1.